The van der Waals surface area contributed by atoms with Crippen molar-refractivity contribution in [3.63, 3.8) is 0 Å². The van der Waals surface area contributed by atoms with Crippen molar-refractivity contribution in [3.8, 4) is 0 Å². The van der Waals surface area contributed by atoms with Crippen LogP contribution >= 0.6 is 34.8 Å². The summed E-state index contributed by atoms with van der Waals surface area (Å²) < 4.78 is 0. The van der Waals surface area contributed by atoms with E-state index in [0.717, 1.165) is 5.56 Å². The summed E-state index contributed by atoms with van der Waals surface area (Å²) in [6.07, 6.45) is 0.708. The van der Waals surface area contributed by atoms with Crippen LogP contribution in [0.4, 0.5) is 0 Å². The molecule has 1 aromatic carbocycles. The van der Waals surface area contributed by atoms with Gasteiger partial charge in [0.05, 0.1) is 0 Å². The second-order valence-electron chi connectivity index (χ2n) is 2.69. The lowest BCUT2D eigenvalue weighted by Gasteiger charge is -2.07. The Labute approximate surface area is 87.4 Å². The first-order valence-corrected chi connectivity index (χ1v) is 4.87. The number of benzene rings is 1. The maximum Gasteiger partial charge on any atom is 0.0453 e. The lowest BCUT2D eigenvalue weighted by molar-refractivity contribution is 0.932. The minimum atomic E-state index is 0.0578. The average Bonchev–Trinajstić information content (AvgIpc) is 1.97. The molecule has 0 fully saturated rings. The van der Waals surface area contributed by atoms with Crippen molar-refractivity contribution >= 4 is 34.8 Å². The van der Waals surface area contributed by atoms with E-state index in [1.54, 1.807) is 0 Å². The lowest BCUT2D eigenvalue weighted by Crippen LogP contribution is -1.98. The van der Waals surface area contributed by atoms with E-state index in [9.17, 15) is 0 Å². The minimum Gasteiger partial charge on any atom is -0.123 e. The van der Waals surface area contributed by atoms with E-state index in [1.807, 2.05) is 25.1 Å². The van der Waals surface area contributed by atoms with Gasteiger partial charge >= 0.3 is 0 Å². The normalized spacial score (nSPS) is 13.0. The smallest absolute Gasteiger partial charge is 0.0453 e. The Hall–Kier alpha value is 0.0900. The van der Waals surface area contributed by atoms with Crippen LogP contribution in [-0.4, -0.2) is 5.38 Å². The van der Waals surface area contributed by atoms with Crippen LogP contribution in [0.15, 0.2) is 18.2 Å². The van der Waals surface area contributed by atoms with Crippen LogP contribution < -0.4 is 0 Å². The van der Waals surface area contributed by atoms with Gasteiger partial charge in [-0.25, -0.2) is 0 Å². The van der Waals surface area contributed by atoms with E-state index < -0.39 is 0 Å². The van der Waals surface area contributed by atoms with Gasteiger partial charge in [0.15, 0.2) is 0 Å². The summed E-state index contributed by atoms with van der Waals surface area (Å²) in [6, 6.07) is 5.47. The van der Waals surface area contributed by atoms with E-state index in [4.69, 9.17) is 34.8 Å². The molecular formula is C9H9Cl3. The summed E-state index contributed by atoms with van der Waals surface area (Å²) in [5, 5.41) is 1.44. The maximum absolute atomic E-state index is 5.93. The highest BCUT2D eigenvalue weighted by atomic mass is 35.5. The van der Waals surface area contributed by atoms with Gasteiger partial charge in [0.25, 0.3) is 0 Å². The van der Waals surface area contributed by atoms with E-state index in [1.165, 1.54) is 0 Å². The molecule has 0 heterocycles. The molecule has 0 aliphatic carbocycles. The highest BCUT2D eigenvalue weighted by Gasteiger charge is 2.07. The molecule has 0 aromatic heterocycles. The molecule has 1 aromatic rings. The molecule has 1 atom stereocenters. The summed E-state index contributed by atoms with van der Waals surface area (Å²) in [5.41, 5.74) is 0.934. The number of alkyl halides is 1. The zero-order valence-electron chi connectivity index (χ0n) is 6.65. The Bertz CT molecular complexity index is 248. The van der Waals surface area contributed by atoms with E-state index in [2.05, 4.69) is 0 Å². The molecule has 0 aliphatic rings. The summed E-state index contributed by atoms with van der Waals surface area (Å²) in [4.78, 5) is 0. The first kappa shape index (κ1) is 10.2. The van der Waals surface area contributed by atoms with Crippen molar-refractivity contribution in [1.29, 1.82) is 0 Å². The highest BCUT2D eigenvalue weighted by molar-refractivity contribution is 6.36. The SMILES string of the molecule is CC(Cl)Cc1c(Cl)cccc1Cl. The molecule has 12 heavy (non-hydrogen) atoms. The van der Waals surface area contributed by atoms with Crippen molar-refractivity contribution in [2.24, 2.45) is 0 Å². The Morgan fingerprint density at radius 2 is 1.75 bits per heavy atom. The lowest BCUT2D eigenvalue weighted by atomic mass is 10.1. The van der Waals surface area contributed by atoms with Crippen molar-refractivity contribution in [1.82, 2.24) is 0 Å². The van der Waals surface area contributed by atoms with Crippen molar-refractivity contribution in [3.05, 3.63) is 33.8 Å². The van der Waals surface area contributed by atoms with E-state index in [0.29, 0.717) is 16.5 Å². The Kier molecular flexibility index (Phi) is 3.70. The van der Waals surface area contributed by atoms with Crippen LogP contribution in [0.3, 0.4) is 0 Å². The van der Waals surface area contributed by atoms with Gasteiger partial charge in [0.2, 0.25) is 0 Å². The van der Waals surface area contributed by atoms with Crippen LogP contribution in [0.1, 0.15) is 12.5 Å². The van der Waals surface area contributed by atoms with Gasteiger partial charge in [0.1, 0.15) is 0 Å². The van der Waals surface area contributed by atoms with Gasteiger partial charge in [-0.2, -0.15) is 0 Å². The van der Waals surface area contributed by atoms with Crippen LogP contribution in [-0.2, 0) is 6.42 Å². The molecule has 66 valence electrons. The molecule has 0 spiro atoms. The quantitative estimate of drug-likeness (QED) is 0.661. The topological polar surface area (TPSA) is 0 Å². The van der Waals surface area contributed by atoms with Crippen LogP contribution in [0.2, 0.25) is 10.0 Å². The fourth-order valence-electron chi connectivity index (χ4n) is 1.01. The molecule has 0 aliphatic heterocycles. The number of hydrogen-bond donors (Lipinski definition) is 0. The standard InChI is InChI=1S/C9H9Cl3/c1-6(10)5-7-8(11)3-2-4-9(7)12/h2-4,6H,5H2,1H3. The van der Waals surface area contributed by atoms with E-state index in [-0.39, 0.29) is 5.38 Å². The fraction of sp³-hybridized carbons (Fsp3) is 0.333. The minimum absolute atomic E-state index is 0.0578. The molecule has 0 amide bonds. The molecule has 0 saturated heterocycles. The molecular weight excluding hydrogens is 214 g/mol. The van der Waals surface area contributed by atoms with Crippen LogP contribution in [0.25, 0.3) is 0 Å². The summed E-state index contributed by atoms with van der Waals surface area (Å²) >= 11 is 17.7. The van der Waals surface area contributed by atoms with Gasteiger partial charge in [-0.1, -0.05) is 29.3 Å². The summed E-state index contributed by atoms with van der Waals surface area (Å²) in [6.45, 7) is 1.92. The molecule has 1 rings (SSSR count). The third kappa shape index (κ3) is 2.55. The van der Waals surface area contributed by atoms with Crippen molar-refractivity contribution < 1.29 is 0 Å². The molecule has 0 nitrogen and oxygen atoms in total. The summed E-state index contributed by atoms with van der Waals surface area (Å²) in [5.74, 6) is 0. The predicted octanol–water partition coefficient (Wildman–Crippen LogP) is 4.16. The molecule has 1 unspecified atom stereocenters. The Morgan fingerprint density at radius 1 is 1.25 bits per heavy atom. The summed E-state index contributed by atoms with van der Waals surface area (Å²) in [7, 11) is 0. The first-order chi connectivity index (χ1) is 5.61. The molecule has 0 radical (unpaired) electrons. The predicted molar refractivity (Wildman–Crippen MR) is 55.5 cm³/mol. The third-order valence-electron chi connectivity index (χ3n) is 1.55. The molecule has 0 bridgehead atoms. The molecule has 0 N–H and O–H groups in total. The largest absolute Gasteiger partial charge is 0.123 e. The zero-order valence-corrected chi connectivity index (χ0v) is 8.92. The monoisotopic (exact) mass is 222 g/mol. The van der Waals surface area contributed by atoms with Gasteiger partial charge in [-0.05, 0) is 31.0 Å². The second kappa shape index (κ2) is 4.36. The van der Waals surface area contributed by atoms with Gasteiger partial charge in [-0.3, -0.25) is 0 Å². The fourth-order valence-corrected chi connectivity index (χ4v) is 1.71. The molecule has 3 heteroatoms. The highest BCUT2D eigenvalue weighted by Crippen LogP contribution is 2.26. The average molecular weight is 224 g/mol. The van der Waals surface area contributed by atoms with Crippen LogP contribution in [0, 0.1) is 0 Å². The number of rotatable bonds is 2. The van der Waals surface area contributed by atoms with Crippen molar-refractivity contribution in [2.75, 3.05) is 0 Å². The maximum atomic E-state index is 5.93. The van der Waals surface area contributed by atoms with Crippen LogP contribution in [0.5, 0.6) is 0 Å². The van der Waals surface area contributed by atoms with E-state index >= 15 is 0 Å². The van der Waals surface area contributed by atoms with Gasteiger partial charge < -0.3 is 0 Å². The Balaban J connectivity index is 2.96. The first-order valence-electron chi connectivity index (χ1n) is 3.68. The number of halogens is 3. The Morgan fingerprint density at radius 3 is 2.17 bits per heavy atom. The zero-order chi connectivity index (χ0) is 9.14. The van der Waals surface area contributed by atoms with Gasteiger partial charge in [0, 0.05) is 15.4 Å². The third-order valence-corrected chi connectivity index (χ3v) is 2.41. The molecule has 0 saturated carbocycles. The number of hydrogen-bond acceptors (Lipinski definition) is 0. The second-order valence-corrected chi connectivity index (χ2v) is 4.24. The van der Waals surface area contributed by atoms with Gasteiger partial charge in [-0.15, -0.1) is 11.6 Å². The van der Waals surface area contributed by atoms with Crippen molar-refractivity contribution in [2.45, 2.75) is 18.7 Å².